The number of amides is 1. The number of benzene rings is 2. The van der Waals surface area contributed by atoms with Gasteiger partial charge in [0.25, 0.3) is 5.91 Å². The van der Waals surface area contributed by atoms with E-state index in [9.17, 15) is 13.2 Å². The first-order valence-corrected chi connectivity index (χ1v) is 11.8. The van der Waals surface area contributed by atoms with E-state index < -0.39 is 9.84 Å². The summed E-state index contributed by atoms with van der Waals surface area (Å²) >= 11 is 5.92. The molecule has 0 radical (unpaired) electrons. The standard InChI is InChI=1S/C22H21ClN2O4S/c1-15-2-4-16(5-3-15)13-25(19-10-11-30(27,28)14-19)22(26)20-12-21(29-24-20)17-6-8-18(23)9-7-17/h2-9,12,19H,10-11,13-14H2,1H3/t19-/m0/s1. The molecule has 3 aromatic rings. The van der Waals surface area contributed by atoms with Crippen LogP contribution in [0.1, 0.15) is 28.0 Å². The first-order chi connectivity index (χ1) is 14.3. The Kier molecular flexibility index (Phi) is 5.66. The topological polar surface area (TPSA) is 80.5 Å². The lowest BCUT2D eigenvalue weighted by Gasteiger charge is -2.27. The Bertz CT molecular complexity index is 1150. The van der Waals surface area contributed by atoms with Gasteiger partial charge in [0.2, 0.25) is 0 Å². The summed E-state index contributed by atoms with van der Waals surface area (Å²) in [4.78, 5) is 14.9. The van der Waals surface area contributed by atoms with Crippen molar-refractivity contribution < 1.29 is 17.7 Å². The van der Waals surface area contributed by atoms with Gasteiger partial charge in [0.05, 0.1) is 11.5 Å². The fourth-order valence-electron chi connectivity index (χ4n) is 3.55. The second kappa shape index (κ2) is 8.24. The first-order valence-electron chi connectivity index (χ1n) is 9.60. The van der Waals surface area contributed by atoms with Crippen LogP contribution in [0.3, 0.4) is 0 Å². The molecule has 2 heterocycles. The molecule has 0 saturated carbocycles. The fourth-order valence-corrected chi connectivity index (χ4v) is 5.41. The summed E-state index contributed by atoms with van der Waals surface area (Å²) in [5.74, 6) is 0.155. The number of rotatable bonds is 5. The van der Waals surface area contributed by atoms with Crippen molar-refractivity contribution in [2.75, 3.05) is 11.5 Å². The fraction of sp³-hybridized carbons (Fsp3) is 0.273. The third-order valence-corrected chi connectivity index (χ3v) is 7.24. The molecule has 0 N–H and O–H groups in total. The van der Waals surface area contributed by atoms with E-state index in [0.717, 1.165) is 16.7 Å². The van der Waals surface area contributed by atoms with Gasteiger partial charge >= 0.3 is 0 Å². The molecule has 0 spiro atoms. The Morgan fingerprint density at radius 3 is 2.50 bits per heavy atom. The number of aromatic nitrogens is 1. The molecular weight excluding hydrogens is 424 g/mol. The molecule has 8 heteroatoms. The SMILES string of the molecule is Cc1ccc(CN(C(=O)c2cc(-c3ccc(Cl)cc3)on2)[C@H]2CCS(=O)(=O)C2)cc1. The van der Waals surface area contributed by atoms with Gasteiger partial charge in [0.15, 0.2) is 21.3 Å². The maximum absolute atomic E-state index is 13.3. The molecule has 2 aromatic carbocycles. The number of carbonyl (C=O) groups is 1. The molecular formula is C22H21ClN2O4S. The lowest BCUT2D eigenvalue weighted by molar-refractivity contribution is 0.0670. The molecule has 1 fully saturated rings. The second-order valence-corrected chi connectivity index (χ2v) is 10.2. The number of halogens is 1. The van der Waals surface area contributed by atoms with E-state index in [-0.39, 0.29) is 29.1 Å². The molecule has 0 bridgehead atoms. The van der Waals surface area contributed by atoms with Gasteiger partial charge in [-0.05, 0) is 43.2 Å². The molecule has 1 saturated heterocycles. The van der Waals surface area contributed by atoms with Crippen molar-refractivity contribution in [1.29, 1.82) is 0 Å². The van der Waals surface area contributed by atoms with Gasteiger partial charge in [-0.15, -0.1) is 0 Å². The van der Waals surface area contributed by atoms with E-state index in [1.165, 1.54) is 0 Å². The average Bonchev–Trinajstić information content (AvgIpc) is 3.34. The van der Waals surface area contributed by atoms with Gasteiger partial charge in [-0.3, -0.25) is 4.79 Å². The number of hydrogen-bond acceptors (Lipinski definition) is 5. The third kappa shape index (κ3) is 4.57. The molecule has 0 unspecified atom stereocenters. The first kappa shape index (κ1) is 20.6. The highest BCUT2D eigenvalue weighted by Crippen LogP contribution is 2.26. The van der Waals surface area contributed by atoms with E-state index in [1.54, 1.807) is 35.2 Å². The van der Waals surface area contributed by atoms with E-state index in [1.807, 2.05) is 31.2 Å². The number of carbonyl (C=O) groups excluding carboxylic acids is 1. The Labute approximate surface area is 180 Å². The van der Waals surface area contributed by atoms with E-state index in [0.29, 0.717) is 23.7 Å². The summed E-state index contributed by atoms with van der Waals surface area (Å²) in [6.07, 6.45) is 0.418. The molecule has 30 heavy (non-hydrogen) atoms. The zero-order valence-corrected chi connectivity index (χ0v) is 18.0. The molecule has 1 aliphatic heterocycles. The van der Waals surface area contributed by atoms with Crippen LogP contribution in [0, 0.1) is 6.92 Å². The van der Waals surface area contributed by atoms with Crippen LogP contribution in [-0.4, -0.2) is 41.9 Å². The molecule has 6 nitrogen and oxygen atoms in total. The summed E-state index contributed by atoms with van der Waals surface area (Å²) in [5, 5.41) is 4.55. The van der Waals surface area contributed by atoms with Gasteiger partial charge in [0, 0.05) is 29.2 Å². The third-order valence-electron chi connectivity index (χ3n) is 5.24. The Hall–Kier alpha value is -2.64. The average molecular weight is 445 g/mol. The van der Waals surface area contributed by atoms with Crippen LogP contribution in [0.25, 0.3) is 11.3 Å². The van der Waals surface area contributed by atoms with Crippen LogP contribution in [-0.2, 0) is 16.4 Å². The van der Waals surface area contributed by atoms with Crippen molar-refractivity contribution in [2.24, 2.45) is 0 Å². The highest BCUT2D eigenvalue weighted by molar-refractivity contribution is 7.91. The lowest BCUT2D eigenvalue weighted by Crippen LogP contribution is -2.40. The van der Waals surface area contributed by atoms with E-state index in [4.69, 9.17) is 16.1 Å². The minimum absolute atomic E-state index is 0.0352. The maximum atomic E-state index is 13.3. The Morgan fingerprint density at radius 2 is 1.87 bits per heavy atom. The second-order valence-electron chi connectivity index (χ2n) is 7.56. The van der Waals surface area contributed by atoms with Gasteiger partial charge in [-0.2, -0.15) is 0 Å². The quantitative estimate of drug-likeness (QED) is 0.591. The molecule has 4 rings (SSSR count). The number of aryl methyl sites for hydroxylation is 1. The van der Waals surface area contributed by atoms with Crippen molar-refractivity contribution in [3.8, 4) is 11.3 Å². The predicted octanol–water partition coefficient (Wildman–Crippen LogP) is 4.13. The molecule has 156 valence electrons. The number of hydrogen-bond donors (Lipinski definition) is 0. The monoisotopic (exact) mass is 444 g/mol. The van der Waals surface area contributed by atoms with Crippen LogP contribution in [0.5, 0.6) is 0 Å². The molecule has 1 amide bonds. The van der Waals surface area contributed by atoms with Crippen molar-refractivity contribution in [3.63, 3.8) is 0 Å². The van der Waals surface area contributed by atoms with Crippen molar-refractivity contribution in [1.82, 2.24) is 10.1 Å². The normalized spacial score (nSPS) is 17.7. The van der Waals surface area contributed by atoms with E-state index in [2.05, 4.69) is 5.16 Å². The van der Waals surface area contributed by atoms with E-state index >= 15 is 0 Å². The summed E-state index contributed by atoms with van der Waals surface area (Å²) < 4.78 is 29.4. The zero-order chi connectivity index (χ0) is 21.3. The van der Waals surface area contributed by atoms with Crippen LogP contribution < -0.4 is 0 Å². The van der Waals surface area contributed by atoms with Crippen molar-refractivity contribution in [3.05, 3.63) is 76.4 Å². The highest BCUT2D eigenvalue weighted by atomic mass is 35.5. The summed E-state index contributed by atoms with van der Waals surface area (Å²) in [6, 6.07) is 16.0. The summed E-state index contributed by atoms with van der Waals surface area (Å²) in [5.41, 5.74) is 2.94. The minimum atomic E-state index is -3.15. The largest absolute Gasteiger partial charge is 0.355 e. The smallest absolute Gasteiger partial charge is 0.276 e. The molecule has 1 atom stereocenters. The number of sulfone groups is 1. The molecule has 0 aliphatic carbocycles. The maximum Gasteiger partial charge on any atom is 0.276 e. The molecule has 1 aliphatic rings. The zero-order valence-electron chi connectivity index (χ0n) is 16.4. The summed E-state index contributed by atoms with van der Waals surface area (Å²) in [7, 11) is -3.15. The van der Waals surface area contributed by atoms with Gasteiger partial charge in [0.1, 0.15) is 0 Å². The van der Waals surface area contributed by atoms with Crippen LogP contribution in [0.15, 0.2) is 59.1 Å². The minimum Gasteiger partial charge on any atom is -0.355 e. The van der Waals surface area contributed by atoms with Crippen molar-refractivity contribution in [2.45, 2.75) is 25.9 Å². The predicted molar refractivity (Wildman–Crippen MR) is 115 cm³/mol. The lowest BCUT2D eigenvalue weighted by atomic mass is 10.1. The van der Waals surface area contributed by atoms with Gasteiger partial charge in [-0.25, -0.2) is 8.42 Å². The van der Waals surface area contributed by atoms with Gasteiger partial charge < -0.3 is 9.42 Å². The van der Waals surface area contributed by atoms with Gasteiger partial charge in [-0.1, -0.05) is 46.6 Å². The molecule has 1 aromatic heterocycles. The number of nitrogens with zero attached hydrogens (tertiary/aromatic N) is 2. The Balaban J connectivity index is 1.62. The summed E-state index contributed by atoms with van der Waals surface area (Å²) in [6.45, 7) is 2.30. The van der Waals surface area contributed by atoms with Crippen molar-refractivity contribution >= 4 is 27.3 Å². The van der Waals surface area contributed by atoms with Crippen LogP contribution >= 0.6 is 11.6 Å². The Morgan fingerprint density at radius 1 is 1.17 bits per heavy atom. The van der Waals surface area contributed by atoms with Crippen LogP contribution in [0.2, 0.25) is 5.02 Å². The van der Waals surface area contributed by atoms with Crippen LogP contribution in [0.4, 0.5) is 0 Å². The highest BCUT2D eigenvalue weighted by Gasteiger charge is 2.36.